The Morgan fingerprint density at radius 1 is 1.11 bits per heavy atom. The zero-order valence-corrected chi connectivity index (χ0v) is 20.7. The Morgan fingerprint density at radius 3 is 2.69 bits per heavy atom. The Hall–Kier alpha value is -3.76. The molecule has 1 fully saturated rings. The molecule has 5 rings (SSSR count). The number of aromatic nitrogens is 3. The number of amides is 3. The van der Waals surface area contributed by atoms with Gasteiger partial charge in [0.25, 0.3) is 11.8 Å². The van der Waals surface area contributed by atoms with Crippen molar-refractivity contribution in [2.75, 3.05) is 13.1 Å². The molecule has 9 nitrogen and oxygen atoms in total. The number of likely N-dealkylation sites (tertiary alicyclic amines) is 1. The lowest BCUT2D eigenvalue weighted by Crippen LogP contribution is -2.41. The standard InChI is InChI=1S/C25H23ClN6O3S/c26-21-11-16(5-8-27-21)23(34)30-31-24(35)20-14-36-25(29-20)15-6-9-32(10-7-15)22(33)12-17-13-28-19-4-2-1-3-18(17)19/h1-5,8,11,13-15,28H,6-7,9-10,12H2,(H,30,34)(H,31,35). The van der Waals surface area contributed by atoms with E-state index < -0.39 is 11.8 Å². The van der Waals surface area contributed by atoms with Crippen LogP contribution < -0.4 is 10.9 Å². The number of benzene rings is 1. The summed E-state index contributed by atoms with van der Waals surface area (Å²) >= 11 is 7.21. The van der Waals surface area contributed by atoms with E-state index in [4.69, 9.17) is 11.6 Å². The van der Waals surface area contributed by atoms with Crippen molar-refractivity contribution in [2.45, 2.75) is 25.2 Å². The van der Waals surface area contributed by atoms with Crippen molar-refractivity contribution in [2.24, 2.45) is 0 Å². The third kappa shape index (κ3) is 5.24. The van der Waals surface area contributed by atoms with E-state index in [2.05, 4.69) is 25.8 Å². The maximum Gasteiger partial charge on any atom is 0.289 e. The van der Waals surface area contributed by atoms with Crippen LogP contribution in [0.15, 0.2) is 54.2 Å². The summed E-state index contributed by atoms with van der Waals surface area (Å²) in [5, 5.41) is 3.80. The van der Waals surface area contributed by atoms with Gasteiger partial charge in [-0.25, -0.2) is 9.97 Å². The number of piperidine rings is 1. The average molecular weight is 523 g/mol. The van der Waals surface area contributed by atoms with Crippen molar-refractivity contribution < 1.29 is 14.4 Å². The van der Waals surface area contributed by atoms with Gasteiger partial charge >= 0.3 is 0 Å². The molecule has 36 heavy (non-hydrogen) atoms. The number of hydrazine groups is 1. The molecule has 3 amide bonds. The predicted molar refractivity (Wildman–Crippen MR) is 137 cm³/mol. The van der Waals surface area contributed by atoms with Crippen LogP contribution in [-0.4, -0.2) is 50.7 Å². The highest BCUT2D eigenvalue weighted by molar-refractivity contribution is 7.09. The molecule has 3 N–H and O–H groups in total. The summed E-state index contributed by atoms with van der Waals surface area (Å²) in [7, 11) is 0. The molecule has 0 aliphatic carbocycles. The molecule has 1 saturated heterocycles. The number of rotatable bonds is 5. The molecular formula is C25H23ClN6O3S. The van der Waals surface area contributed by atoms with Crippen LogP contribution >= 0.6 is 22.9 Å². The van der Waals surface area contributed by atoms with Gasteiger partial charge < -0.3 is 9.88 Å². The number of hydrogen-bond donors (Lipinski definition) is 3. The number of para-hydroxylation sites is 1. The monoisotopic (exact) mass is 522 g/mol. The molecule has 0 atom stereocenters. The Bertz CT molecular complexity index is 1430. The Labute approximate surface area is 215 Å². The molecule has 184 valence electrons. The quantitative estimate of drug-likeness (QED) is 0.273. The number of halogens is 1. The lowest BCUT2D eigenvalue weighted by atomic mass is 9.97. The van der Waals surface area contributed by atoms with E-state index in [0.717, 1.165) is 34.3 Å². The summed E-state index contributed by atoms with van der Waals surface area (Å²) in [5.41, 5.74) is 7.28. The zero-order chi connectivity index (χ0) is 25.1. The molecule has 4 heterocycles. The van der Waals surface area contributed by atoms with Crippen LogP contribution in [0.3, 0.4) is 0 Å². The minimum atomic E-state index is -0.507. The van der Waals surface area contributed by atoms with Crippen molar-refractivity contribution in [3.63, 3.8) is 0 Å². The van der Waals surface area contributed by atoms with E-state index in [1.54, 1.807) is 5.38 Å². The fraction of sp³-hybridized carbons (Fsp3) is 0.240. The van der Waals surface area contributed by atoms with Gasteiger partial charge in [0.1, 0.15) is 10.8 Å². The maximum atomic E-state index is 12.9. The SMILES string of the molecule is O=C(NNC(=O)c1csc(C2CCN(C(=O)Cc3c[nH]c4ccccc34)CC2)n1)c1ccnc(Cl)c1. The van der Waals surface area contributed by atoms with E-state index in [1.807, 2.05) is 35.4 Å². The Morgan fingerprint density at radius 2 is 1.89 bits per heavy atom. The smallest absolute Gasteiger partial charge is 0.289 e. The molecule has 0 spiro atoms. The summed E-state index contributed by atoms with van der Waals surface area (Å²) in [6.45, 7) is 1.30. The van der Waals surface area contributed by atoms with Crippen molar-refractivity contribution in [3.05, 3.63) is 81.2 Å². The predicted octanol–water partition coefficient (Wildman–Crippen LogP) is 3.70. The highest BCUT2D eigenvalue weighted by atomic mass is 35.5. The van der Waals surface area contributed by atoms with E-state index >= 15 is 0 Å². The topological polar surface area (TPSA) is 120 Å². The molecular weight excluding hydrogens is 500 g/mol. The third-order valence-corrected chi connectivity index (χ3v) is 7.46. The van der Waals surface area contributed by atoms with Crippen LogP contribution in [0.1, 0.15) is 50.2 Å². The van der Waals surface area contributed by atoms with Crippen molar-refractivity contribution >= 4 is 51.6 Å². The zero-order valence-electron chi connectivity index (χ0n) is 19.2. The van der Waals surface area contributed by atoms with Crippen LogP contribution in [0, 0.1) is 0 Å². The number of aromatic amines is 1. The maximum absolute atomic E-state index is 12.9. The van der Waals surface area contributed by atoms with E-state index in [9.17, 15) is 14.4 Å². The molecule has 1 aliphatic heterocycles. The van der Waals surface area contributed by atoms with E-state index in [1.165, 1.54) is 29.7 Å². The van der Waals surface area contributed by atoms with Gasteiger partial charge in [0, 0.05) is 53.2 Å². The normalized spacial score (nSPS) is 14.1. The number of H-pyrrole nitrogens is 1. The molecule has 0 unspecified atom stereocenters. The largest absolute Gasteiger partial charge is 0.361 e. The molecule has 4 aromatic rings. The molecule has 0 radical (unpaired) electrons. The van der Waals surface area contributed by atoms with E-state index in [-0.39, 0.29) is 28.2 Å². The minimum Gasteiger partial charge on any atom is -0.361 e. The Kier molecular flexibility index (Phi) is 6.97. The number of nitrogens with zero attached hydrogens (tertiary/aromatic N) is 3. The number of fused-ring (bicyclic) bond motifs is 1. The third-order valence-electron chi connectivity index (χ3n) is 6.25. The van der Waals surface area contributed by atoms with Crippen molar-refractivity contribution in [1.82, 2.24) is 30.7 Å². The summed E-state index contributed by atoms with van der Waals surface area (Å²) in [5.74, 6) is -0.712. The van der Waals surface area contributed by atoms with Crippen molar-refractivity contribution in [1.29, 1.82) is 0 Å². The Balaban J connectivity index is 1.12. The lowest BCUT2D eigenvalue weighted by Gasteiger charge is -2.31. The summed E-state index contributed by atoms with van der Waals surface area (Å²) in [6, 6.07) is 10.9. The first-order valence-corrected chi connectivity index (χ1v) is 12.7. The molecule has 1 aromatic carbocycles. The molecule has 11 heteroatoms. The van der Waals surface area contributed by atoms with Gasteiger partial charge in [0.05, 0.1) is 11.4 Å². The van der Waals surface area contributed by atoms with Crippen LogP contribution in [0.4, 0.5) is 0 Å². The van der Waals surface area contributed by atoms with Crippen LogP contribution in [0.5, 0.6) is 0 Å². The van der Waals surface area contributed by atoms with Gasteiger partial charge in [-0.15, -0.1) is 11.3 Å². The first-order valence-electron chi connectivity index (χ1n) is 11.5. The summed E-state index contributed by atoms with van der Waals surface area (Å²) < 4.78 is 0. The second-order valence-electron chi connectivity index (χ2n) is 8.54. The summed E-state index contributed by atoms with van der Waals surface area (Å²) in [4.78, 5) is 50.9. The number of hydrogen-bond acceptors (Lipinski definition) is 6. The molecule has 1 aliphatic rings. The number of nitrogens with one attached hydrogen (secondary N) is 3. The first kappa shape index (κ1) is 24.0. The highest BCUT2D eigenvalue weighted by Crippen LogP contribution is 2.31. The fourth-order valence-corrected chi connectivity index (χ4v) is 5.45. The van der Waals surface area contributed by atoms with Gasteiger partial charge in [0.2, 0.25) is 5.91 Å². The summed E-state index contributed by atoms with van der Waals surface area (Å²) in [6.07, 6.45) is 5.26. The van der Waals surface area contributed by atoms with Gasteiger partial charge in [-0.3, -0.25) is 25.2 Å². The number of pyridine rings is 1. The van der Waals surface area contributed by atoms with Gasteiger partial charge in [-0.1, -0.05) is 29.8 Å². The van der Waals surface area contributed by atoms with Crippen LogP contribution in [0.25, 0.3) is 10.9 Å². The second kappa shape index (κ2) is 10.5. The first-order chi connectivity index (χ1) is 17.5. The molecule has 3 aromatic heterocycles. The number of carbonyl (C=O) groups excluding carboxylic acids is 3. The van der Waals surface area contributed by atoms with E-state index in [0.29, 0.717) is 19.5 Å². The molecule has 0 bridgehead atoms. The van der Waals surface area contributed by atoms with Crippen LogP contribution in [0.2, 0.25) is 5.15 Å². The number of carbonyl (C=O) groups is 3. The van der Waals surface area contributed by atoms with Gasteiger partial charge in [0.15, 0.2) is 0 Å². The number of thiazole rings is 1. The second-order valence-corrected chi connectivity index (χ2v) is 9.81. The fourth-order valence-electron chi connectivity index (χ4n) is 4.30. The lowest BCUT2D eigenvalue weighted by molar-refractivity contribution is -0.131. The van der Waals surface area contributed by atoms with Crippen LogP contribution in [-0.2, 0) is 11.2 Å². The highest BCUT2D eigenvalue weighted by Gasteiger charge is 2.27. The minimum absolute atomic E-state index is 0.114. The average Bonchev–Trinajstić information content (AvgIpc) is 3.55. The molecule has 0 saturated carbocycles. The van der Waals surface area contributed by atoms with Gasteiger partial charge in [-0.2, -0.15) is 0 Å². The van der Waals surface area contributed by atoms with Gasteiger partial charge in [-0.05, 0) is 36.6 Å². The van der Waals surface area contributed by atoms with Crippen molar-refractivity contribution in [3.8, 4) is 0 Å².